The molecular weight excluding hydrogens is 331 g/mol. The highest BCUT2D eigenvalue weighted by atomic mass is 79.9. The van der Waals surface area contributed by atoms with Gasteiger partial charge in [-0.05, 0) is 30.2 Å². The Bertz CT molecular complexity index is 574. The topological polar surface area (TPSA) is 29.3 Å². The molecule has 0 aliphatic carbocycles. The molecule has 0 saturated heterocycles. The fourth-order valence-electron chi connectivity index (χ4n) is 2.43. The van der Waals surface area contributed by atoms with E-state index in [-0.39, 0.29) is 11.9 Å². The van der Waals surface area contributed by atoms with E-state index < -0.39 is 0 Å². The number of hydrogen-bond donors (Lipinski definition) is 1. The smallest absolute Gasteiger partial charge is 0.124 e. The molecule has 0 aromatic heterocycles. The molecule has 1 unspecified atom stereocenters. The van der Waals surface area contributed by atoms with Crippen molar-refractivity contribution in [2.24, 2.45) is 5.73 Å². The van der Waals surface area contributed by atoms with Crippen LogP contribution >= 0.6 is 15.9 Å². The first kappa shape index (κ1) is 16.1. The molecule has 0 bridgehead atoms. The second-order valence-corrected chi connectivity index (χ2v) is 5.94. The van der Waals surface area contributed by atoms with Crippen molar-refractivity contribution in [3.8, 4) is 0 Å². The van der Waals surface area contributed by atoms with Gasteiger partial charge in [-0.25, -0.2) is 4.39 Å². The van der Waals surface area contributed by atoms with Crippen LogP contribution < -0.4 is 5.73 Å². The normalized spacial score (nSPS) is 12.6. The Balaban J connectivity index is 2.20. The first-order chi connectivity index (χ1) is 10.1. The van der Waals surface area contributed by atoms with Crippen molar-refractivity contribution in [3.63, 3.8) is 0 Å². The SMILES string of the molecule is CC(c1ccc(F)cc1Br)N(CCN)Cc1ccccc1. The van der Waals surface area contributed by atoms with Gasteiger partial charge >= 0.3 is 0 Å². The molecule has 112 valence electrons. The van der Waals surface area contributed by atoms with E-state index >= 15 is 0 Å². The maximum Gasteiger partial charge on any atom is 0.124 e. The van der Waals surface area contributed by atoms with Gasteiger partial charge in [-0.1, -0.05) is 52.3 Å². The van der Waals surface area contributed by atoms with E-state index in [1.165, 1.54) is 17.7 Å². The number of rotatable bonds is 6. The van der Waals surface area contributed by atoms with Gasteiger partial charge in [0.15, 0.2) is 0 Å². The van der Waals surface area contributed by atoms with Crippen molar-refractivity contribution in [1.82, 2.24) is 4.90 Å². The van der Waals surface area contributed by atoms with Gasteiger partial charge in [0.05, 0.1) is 0 Å². The lowest BCUT2D eigenvalue weighted by atomic mass is 10.1. The third-order valence-corrected chi connectivity index (χ3v) is 4.29. The van der Waals surface area contributed by atoms with Crippen LogP contribution in [0.5, 0.6) is 0 Å². The van der Waals surface area contributed by atoms with Crippen molar-refractivity contribution in [2.45, 2.75) is 19.5 Å². The van der Waals surface area contributed by atoms with E-state index in [1.807, 2.05) is 24.3 Å². The molecule has 4 heteroatoms. The number of benzene rings is 2. The predicted molar refractivity (Wildman–Crippen MR) is 88.4 cm³/mol. The maximum absolute atomic E-state index is 13.2. The third kappa shape index (κ3) is 4.37. The fraction of sp³-hybridized carbons (Fsp3) is 0.294. The molecule has 2 rings (SSSR count). The summed E-state index contributed by atoms with van der Waals surface area (Å²) in [7, 11) is 0. The first-order valence-corrected chi connectivity index (χ1v) is 7.84. The first-order valence-electron chi connectivity index (χ1n) is 7.05. The highest BCUT2D eigenvalue weighted by molar-refractivity contribution is 9.10. The Labute approximate surface area is 133 Å². The molecule has 0 heterocycles. The Hall–Kier alpha value is -1.23. The number of halogens is 2. The summed E-state index contributed by atoms with van der Waals surface area (Å²) in [6, 6.07) is 15.3. The summed E-state index contributed by atoms with van der Waals surface area (Å²) >= 11 is 3.45. The highest BCUT2D eigenvalue weighted by Gasteiger charge is 2.18. The molecule has 0 saturated carbocycles. The summed E-state index contributed by atoms with van der Waals surface area (Å²) in [4.78, 5) is 2.30. The molecule has 0 aliphatic rings. The quantitative estimate of drug-likeness (QED) is 0.849. The Kier molecular flexibility index (Phi) is 5.91. The molecule has 0 fully saturated rings. The van der Waals surface area contributed by atoms with Crippen LogP contribution in [0.3, 0.4) is 0 Å². The number of nitrogens with two attached hydrogens (primary N) is 1. The summed E-state index contributed by atoms with van der Waals surface area (Å²) < 4.78 is 14.0. The zero-order chi connectivity index (χ0) is 15.2. The molecular formula is C17H20BrFN2. The molecule has 0 spiro atoms. The van der Waals surface area contributed by atoms with Gasteiger partial charge in [0.25, 0.3) is 0 Å². The van der Waals surface area contributed by atoms with Crippen LogP contribution in [-0.2, 0) is 6.54 Å². The van der Waals surface area contributed by atoms with Crippen molar-refractivity contribution in [2.75, 3.05) is 13.1 Å². The molecule has 2 N–H and O–H groups in total. The van der Waals surface area contributed by atoms with Crippen molar-refractivity contribution < 1.29 is 4.39 Å². The van der Waals surface area contributed by atoms with E-state index in [4.69, 9.17) is 5.73 Å². The van der Waals surface area contributed by atoms with Crippen molar-refractivity contribution in [3.05, 3.63) is 69.9 Å². The number of hydrogen-bond acceptors (Lipinski definition) is 2. The van der Waals surface area contributed by atoms with Gasteiger partial charge in [-0.2, -0.15) is 0 Å². The fourth-order valence-corrected chi connectivity index (χ4v) is 3.11. The zero-order valence-electron chi connectivity index (χ0n) is 12.1. The van der Waals surface area contributed by atoms with Crippen LogP contribution in [0.1, 0.15) is 24.1 Å². The van der Waals surface area contributed by atoms with Gasteiger partial charge in [0.2, 0.25) is 0 Å². The lowest BCUT2D eigenvalue weighted by molar-refractivity contribution is 0.207. The molecule has 2 aromatic carbocycles. The van der Waals surface area contributed by atoms with Crippen LogP contribution in [0.15, 0.2) is 53.0 Å². The van der Waals surface area contributed by atoms with Crippen LogP contribution in [0, 0.1) is 5.82 Å². The van der Waals surface area contributed by atoms with E-state index in [9.17, 15) is 4.39 Å². The molecule has 0 amide bonds. The van der Waals surface area contributed by atoms with Gasteiger partial charge in [-0.3, -0.25) is 4.90 Å². The van der Waals surface area contributed by atoms with Gasteiger partial charge < -0.3 is 5.73 Å². The Morgan fingerprint density at radius 2 is 1.90 bits per heavy atom. The maximum atomic E-state index is 13.2. The average molecular weight is 351 g/mol. The lowest BCUT2D eigenvalue weighted by Crippen LogP contribution is -2.31. The van der Waals surface area contributed by atoms with E-state index in [2.05, 4.69) is 39.9 Å². The molecule has 1 atom stereocenters. The summed E-state index contributed by atoms with van der Waals surface area (Å²) in [5.74, 6) is -0.230. The van der Waals surface area contributed by atoms with Gasteiger partial charge in [0, 0.05) is 30.1 Å². The van der Waals surface area contributed by atoms with E-state index in [0.29, 0.717) is 6.54 Å². The largest absolute Gasteiger partial charge is 0.329 e. The van der Waals surface area contributed by atoms with Crippen LogP contribution in [0.25, 0.3) is 0 Å². The average Bonchev–Trinajstić information content (AvgIpc) is 2.47. The standard InChI is InChI=1S/C17H20BrFN2/c1-13(16-8-7-15(19)11-17(16)18)21(10-9-20)12-14-5-3-2-4-6-14/h2-8,11,13H,9-10,12,20H2,1H3. The van der Waals surface area contributed by atoms with Crippen LogP contribution in [0.4, 0.5) is 4.39 Å². The predicted octanol–water partition coefficient (Wildman–Crippen LogP) is 4.11. The Morgan fingerprint density at radius 3 is 2.52 bits per heavy atom. The molecule has 2 nitrogen and oxygen atoms in total. The highest BCUT2D eigenvalue weighted by Crippen LogP contribution is 2.29. The summed E-state index contributed by atoms with van der Waals surface area (Å²) in [6.45, 7) is 4.33. The Morgan fingerprint density at radius 1 is 1.19 bits per heavy atom. The van der Waals surface area contributed by atoms with Crippen molar-refractivity contribution in [1.29, 1.82) is 0 Å². The third-order valence-electron chi connectivity index (χ3n) is 3.61. The molecule has 0 radical (unpaired) electrons. The summed E-state index contributed by atoms with van der Waals surface area (Å²) in [6.07, 6.45) is 0. The van der Waals surface area contributed by atoms with E-state index in [1.54, 1.807) is 0 Å². The molecule has 21 heavy (non-hydrogen) atoms. The number of nitrogens with zero attached hydrogens (tertiary/aromatic N) is 1. The second kappa shape index (κ2) is 7.69. The van der Waals surface area contributed by atoms with Gasteiger partial charge in [-0.15, -0.1) is 0 Å². The summed E-state index contributed by atoms with van der Waals surface area (Å²) in [5.41, 5.74) is 8.06. The monoisotopic (exact) mass is 350 g/mol. The van der Waals surface area contributed by atoms with Crippen molar-refractivity contribution >= 4 is 15.9 Å². The van der Waals surface area contributed by atoms with Gasteiger partial charge in [0.1, 0.15) is 5.82 Å². The van der Waals surface area contributed by atoms with Crippen LogP contribution in [0.2, 0.25) is 0 Å². The minimum atomic E-state index is -0.230. The van der Waals surface area contributed by atoms with E-state index in [0.717, 1.165) is 23.1 Å². The minimum Gasteiger partial charge on any atom is -0.329 e. The zero-order valence-corrected chi connectivity index (χ0v) is 13.7. The second-order valence-electron chi connectivity index (χ2n) is 5.09. The molecule has 0 aliphatic heterocycles. The summed E-state index contributed by atoms with van der Waals surface area (Å²) in [5, 5.41) is 0. The molecule has 2 aromatic rings. The van der Waals surface area contributed by atoms with Crippen LogP contribution in [-0.4, -0.2) is 18.0 Å². The minimum absolute atomic E-state index is 0.156. The lowest BCUT2D eigenvalue weighted by Gasteiger charge is -2.29.